The zero-order chi connectivity index (χ0) is 30.2. The van der Waals surface area contributed by atoms with E-state index < -0.39 is 12.2 Å². The third kappa shape index (κ3) is 30.3. The summed E-state index contributed by atoms with van der Waals surface area (Å²) >= 11 is 0. The maximum absolute atomic E-state index is 11.9. The van der Waals surface area contributed by atoms with Crippen molar-refractivity contribution in [2.24, 2.45) is 0 Å². The summed E-state index contributed by atoms with van der Waals surface area (Å²) in [5.74, 6) is -0.664. The zero-order valence-electron chi connectivity index (χ0n) is 25.9. The van der Waals surface area contributed by atoms with Crippen molar-refractivity contribution < 1.29 is 29.3 Å². The van der Waals surface area contributed by atoms with Gasteiger partial charge in [-0.2, -0.15) is 0 Å². The highest BCUT2D eigenvalue weighted by molar-refractivity contribution is 5.69. The molecule has 6 nitrogen and oxygen atoms in total. The average molecular weight is 575 g/mol. The normalized spacial score (nSPS) is 13.8. The van der Waals surface area contributed by atoms with Crippen LogP contribution in [0.1, 0.15) is 123 Å². The summed E-state index contributed by atoms with van der Waals surface area (Å²) in [7, 11) is 0. The molecule has 0 amide bonds. The maximum Gasteiger partial charge on any atom is 0.305 e. The van der Waals surface area contributed by atoms with Gasteiger partial charge in [-0.1, -0.05) is 126 Å². The molecule has 0 aliphatic carbocycles. The number of rotatable bonds is 27. The number of hydrogen-bond donors (Lipinski definition) is 2. The van der Waals surface area contributed by atoms with Crippen molar-refractivity contribution in [2.75, 3.05) is 13.2 Å². The second-order valence-electron chi connectivity index (χ2n) is 10.4. The van der Waals surface area contributed by atoms with Crippen molar-refractivity contribution in [1.29, 1.82) is 0 Å². The lowest BCUT2D eigenvalue weighted by atomic mass is 10.1. The van der Waals surface area contributed by atoms with Crippen molar-refractivity contribution in [1.82, 2.24) is 0 Å². The topological polar surface area (TPSA) is 93.1 Å². The fourth-order valence-electron chi connectivity index (χ4n) is 3.90. The first-order valence-electron chi connectivity index (χ1n) is 15.9. The number of ether oxygens (including phenoxy) is 2. The molecule has 0 aromatic rings. The smallest absolute Gasteiger partial charge is 0.305 e. The van der Waals surface area contributed by atoms with Crippen LogP contribution in [-0.2, 0) is 19.1 Å². The summed E-state index contributed by atoms with van der Waals surface area (Å²) in [6, 6.07) is 0. The number of carbonyl (C=O) groups excluding carboxylic acids is 2. The highest BCUT2D eigenvalue weighted by Gasteiger charge is 2.11. The minimum atomic E-state index is -0.996. The Morgan fingerprint density at radius 2 is 1.17 bits per heavy atom. The van der Waals surface area contributed by atoms with Gasteiger partial charge in [-0.25, -0.2) is 0 Å². The molecule has 6 heteroatoms. The van der Waals surface area contributed by atoms with E-state index in [1.165, 1.54) is 38.5 Å². The standard InChI is InChI=1S/C35H58O6/c1-3-5-7-8-9-14-18-21-24-28-34(38)40-30-33(37)31-41-35(39)29-25-22-19-16-13-11-10-12-15-17-20-23-27-32(36)26-6-4-2/h6,10-11,15-17,19-20,23,26,32-33,36-37H,3-5,7-9,12-14,18,21-22,24-25,27-31H2,1-2H3/b11-10-,17-15-,19-16-,23-20+,26-6-/t32?,33-/m0/s1. The molecule has 0 heterocycles. The Morgan fingerprint density at radius 3 is 1.80 bits per heavy atom. The second-order valence-corrected chi connectivity index (χ2v) is 10.4. The quantitative estimate of drug-likeness (QED) is 0.0444. The predicted molar refractivity (Wildman–Crippen MR) is 169 cm³/mol. The van der Waals surface area contributed by atoms with Crippen molar-refractivity contribution in [3.05, 3.63) is 60.8 Å². The number of unbranched alkanes of at least 4 members (excludes halogenated alkanes) is 9. The molecule has 0 aromatic carbocycles. The van der Waals surface area contributed by atoms with Crippen molar-refractivity contribution in [2.45, 2.75) is 135 Å². The largest absolute Gasteiger partial charge is 0.463 e. The third-order valence-electron chi connectivity index (χ3n) is 6.34. The van der Waals surface area contributed by atoms with Gasteiger partial charge in [-0.3, -0.25) is 9.59 Å². The van der Waals surface area contributed by atoms with E-state index in [-0.39, 0.29) is 31.6 Å². The van der Waals surface area contributed by atoms with Gasteiger partial charge in [0.05, 0.1) is 6.10 Å². The lowest BCUT2D eigenvalue weighted by Crippen LogP contribution is -2.25. The van der Waals surface area contributed by atoms with Crippen LogP contribution >= 0.6 is 0 Å². The van der Waals surface area contributed by atoms with Gasteiger partial charge in [0, 0.05) is 12.8 Å². The molecule has 0 fully saturated rings. The first-order chi connectivity index (χ1) is 20.0. The van der Waals surface area contributed by atoms with Gasteiger partial charge in [0.1, 0.15) is 19.3 Å². The number of hydrogen-bond acceptors (Lipinski definition) is 6. The fraction of sp³-hybridized carbons (Fsp3) is 0.657. The van der Waals surface area contributed by atoms with E-state index in [1.807, 2.05) is 37.3 Å². The molecule has 234 valence electrons. The summed E-state index contributed by atoms with van der Waals surface area (Å²) < 4.78 is 10.2. The van der Waals surface area contributed by atoms with Crippen LogP contribution in [-0.4, -0.2) is 47.6 Å². The second kappa shape index (κ2) is 30.5. The first kappa shape index (κ1) is 38.6. The molecule has 0 spiro atoms. The lowest BCUT2D eigenvalue weighted by molar-refractivity contribution is -0.152. The molecule has 2 atom stereocenters. The van der Waals surface area contributed by atoms with E-state index in [4.69, 9.17) is 9.47 Å². The summed E-state index contributed by atoms with van der Waals surface area (Å²) in [6.45, 7) is 3.96. The average Bonchev–Trinajstić information content (AvgIpc) is 2.97. The third-order valence-corrected chi connectivity index (χ3v) is 6.34. The van der Waals surface area contributed by atoms with Crippen LogP contribution < -0.4 is 0 Å². The van der Waals surface area contributed by atoms with Gasteiger partial charge in [-0.15, -0.1) is 0 Å². The van der Waals surface area contributed by atoms with E-state index in [0.717, 1.165) is 44.9 Å². The maximum atomic E-state index is 11.9. The Balaban J connectivity index is 3.66. The Hall–Kier alpha value is -2.44. The molecule has 2 N–H and O–H groups in total. The van der Waals surface area contributed by atoms with Gasteiger partial charge in [0.15, 0.2) is 0 Å². The monoisotopic (exact) mass is 574 g/mol. The molecule has 0 bridgehead atoms. The zero-order valence-corrected chi connectivity index (χ0v) is 25.9. The Morgan fingerprint density at radius 1 is 0.634 bits per heavy atom. The van der Waals surface area contributed by atoms with Gasteiger partial charge >= 0.3 is 11.9 Å². The van der Waals surface area contributed by atoms with E-state index in [0.29, 0.717) is 19.3 Å². The number of aliphatic hydroxyl groups excluding tert-OH is 2. The summed E-state index contributed by atoms with van der Waals surface area (Å²) in [4.78, 5) is 23.7. The van der Waals surface area contributed by atoms with Crippen LogP contribution in [0.25, 0.3) is 0 Å². The van der Waals surface area contributed by atoms with Crippen LogP contribution in [0.3, 0.4) is 0 Å². The number of esters is 2. The molecular formula is C35H58O6. The molecule has 0 aromatic heterocycles. The van der Waals surface area contributed by atoms with Crippen molar-refractivity contribution >= 4 is 11.9 Å². The summed E-state index contributed by atoms with van der Waals surface area (Å²) in [5.41, 5.74) is 0. The summed E-state index contributed by atoms with van der Waals surface area (Å²) in [5, 5.41) is 19.6. The van der Waals surface area contributed by atoms with Crippen LogP contribution in [0, 0.1) is 0 Å². The van der Waals surface area contributed by atoms with Crippen LogP contribution in [0.15, 0.2) is 60.8 Å². The van der Waals surface area contributed by atoms with Crippen LogP contribution in [0.2, 0.25) is 0 Å². The number of carbonyl (C=O) groups is 2. The van der Waals surface area contributed by atoms with Crippen LogP contribution in [0.5, 0.6) is 0 Å². The molecule has 1 unspecified atom stereocenters. The van der Waals surface area contributed by atoms with Gasteiger partial charge in [0.25, 0.3) is 0 Å². The van der Waals surface area contributed by atoms with E-state index in [1.54, 1.807) is 0 Å². The minimum absolute atomic E-state index is 0.145. The fourth-order valence-corrected chi connectivity index (χ4v) is 3.90. The Bertz CT molecular complexity index is 765. The Kier molecular flexibility index (Phi) is 28.7. The molecule has 0 saturated heterocycles. The predicted octanol–water partition coefficient (Wildman–Crippen LogP) is 8.25. The first-order valence-corrected chi connectivity index (χ1v) is 15.9. The van der Waals surface area contributed by atoms with E-state index in [9.17, 15) is 19.8 Å². The molecular weight excluding hydrogens is 516 g/mol. The molecule has 41 heavy (non-hydrogen) atoms. The SMILES string of the molecule is CC/C=C\C(O)C/C=C/C=C\C/C=C\C/C=C\CCCC(=O)OC[C@@H](O)COC(=O)CCCCCCCCCCC. The van der Waals surface area contributed by atoms with Crippen molar-refractivity contribution in [3.8, 4) is 0 Å². The molecule has 0 rings (SSSR count). The Labute approximate surface area is 250 Å². The molecule has 0 radical (unpaired) electrons. The van der Waals surface area contributed by atoms with E-state index in [2.05, 4.69) is 37.3 Å². The minimum Gasteiger partial charge on any atom is -0.463 e. The highest BCUT2D eigenvalue weighted by Crippen LogP contribution is 2.11. The highest BCUT2D eigenvalue weighted by atomic mass is 16.6. The number of allylic oxidation sites excluding steroid dienone is 8. The molecule has 0 aliphatic rings. The van der Waals surface area contributed by atoms with Gasteiger partial charge in [-0.05, 0) is 44.9 Å². The lowest BCUT2D eigenvalue weighted by Gasteiger charge is -2.12. The summed E-state index contributed by atoms with van der Waals surface area (Å²) in [6.07, 6.45) is 34.7. The molecule has 0 aliphatic heterocycles. The number of aliphatic hydroxyl groups is 2. The molecule has 0 saturated carbocycles. The van der Waals surface area contributed by atoms with Crippen molar-refractivity contribution in [3.63, 3.8) is 0 Å². The van der Waals surface area contributed by atoms with Crippen LogP contribution in [0.4, 0.5) is 0 Å². The van der Waals surface area contributed by atoms with E-state index >= 15 is 0 Å². The van der Waals surface area contributed by atoms with Gasteiger partial charge in [0.2, 0.25) is 0 Å². The van der Waals surface area contributed by atoms with Gasteiger partial charge < -0.3 is 19.7 Å².